The van der Waals surface area contributed by atoms with Gasteiger partial charge in [-0.15, -0.1) is 0 Å². The number of nitrogens with zero attached hydrogens (tertiary/aromatic N) is 2. The second-order valence-electron chi connectivity index (χ2n) is 6.85. The zero-order valence-electron chi connectivity index (χ0n) is 14.9. The van der Waals surface area contributed by atoms with Crippen molar-refractivity contribution >= 4 is 11.7 Å². The minimum atomic E-state index is -4.38. The van der Waals surface area contributed by atoms with Gasteiger partial charge in [0.2, 0.25) is 5.91 Å². The number of carbonyl (C=O) groups excluding carboxylic acids is 1. The first-order chi connectivity index (χ1) is 12.3. The molecule has 5 nitrogen and oxygen atoms in total. The molecule has 1 aromatic rings. The second-order valence-corrected chi connectivity index (χ2v) is 6.85. The van der Waals surface area contributed by atoms with Crippen molar-refractivity contribution < 1.29 is 23.1 Å². The summed E-state index contributed by atoms with van der Waals surface area (Å²) in [7, 11) is 1.77. The first-order valence-corrected chi connectivity index (χ1v) is 8.97. The van der Waals surface area contributed by atoms with Gasteiger partial charge in [-0.3, -0.25) is 4.79 Å². The molecule has 1 saturated carbocycles. The van der Waals surface area contributed by atoms with Crippen LogP contribution in [0.5, 0.6) is 0 Å². The van der Waals surface area contributed by atoms with Crippen LogP contribution in [0.25, 0.3) is 0 Å². The van der Waals surface area contributed by atoms with Crippen molar-refractivity contribution in [3.63, 3.8) is 0 Å². The van der Waals surface area contributed by atoms with Gasteiger partial charge in [0.1, 0.15) is 5.82 Å². The van der Waals surface area contributed by atoms with E-state index in [4.69, 9.17) is 0 Å². The molecule has 1 aromatic heterocycles. The molecule has 0 unspecified atom stereocenters. The van der Waals surface area contributed by atoms with Crippen LogP contribution in [-0.2, 0) is 11.0 Å². The van der Waals surface area contributed by atoms with E-state index in [9.17, 15) is 23.1 Å². The predicted molar refractivity (Wildman–Crippen MR) is 92.8 cm³/mol. The van der Waals surface area contributed by atoms with Crippen LogP contribution in [0.1, 0.15) is 50.5 Å². The molecular formula is C18H26F3N3O2. The van der Waals surface area contributed by atoms with Crippen LogP contribution in [0.4, 0.5) is 19.0 Å². The maximum atomic E-state index is 12.5. The Bertz CT molecular complexity index is 570. The third-order valence-electron chi connectivity index (χ3n) is 4.68. The lowest BCUT2D eigenvalue weighted by atomic mass is 9.93. The topological polar surface area (TPSA) is 65.5 Å². The first kappa shape index (κ1) is 20.5. The lowest BCUT2D eigenvalue weighted by Crippen LogP contribution is -2.38. The number of aliphatic hydroxyl groups excluding tert-OH is 1. The Morgan fingerprint density at radius 1 is 1.27 bits per heavy atom. The van der Waals surface area contributed by atoms with Crippen LogP contribution in [0.3, 0.4) is 0 Å². The molecule has 146 valence electrons. The minimum Gasteiger partial charge on any atom is -0.393 e. The van der Waals surface area contributed by atoms with Crippen LogP contribution >= 0.6 is 0 Å². The summed E-state index contributed by atoms with van der Waals surface area (Å²) in [6.07, 6.45) is 1.18. The molecular weight excluding hydrogens is 347 g/mol. The number of aliphatic hydroxyl groups is 1. The normalized spacial score (nSPS) is 20.7. The number of carbonyl (C=O) groups is 1. The monoisotopic (exact) mass is 373 g/mol. The second kappa shape index (κ2) is 9.21. The Balaban J connectivity index is 1.65. The van der Waals surface area contributed by atoms with Gasteiger partial charge in [-0.1, -0.05) is 0 Å². The van der Waals surface area contributed by atoms with E-state index in [0.717, 1.165) is 44.4 Å². The Hall–Kier alpha value is -1.83. The SMILES string of the molecule is CN(CCCCC(=O)NC1CCC(O)CC1)c1ccc(C(F)(F)F)cn1. The molecule has 0 radical (unpaired) electrons. The molecule has 0 atom stereocenters. The Morgan fingerprint density at radius 2 is 1.96 bits per heavy atom. The van der Waals surface area contributed by atoms with Crippen LogP contribution in [0.2, 0.25) is 0 Å². The minimum absolute atomic E-state index is 0.0155. The smallest absolute Gasteiger partial charge is 0.393 e. The lowest BCUT2D eigenvalue weighted by Gasteiger charge is -2.26. The third kappa shape index (κ3) is 6.48. The van der Waals surface area contributed by atoms with Gasteiger partial charge in [-0.25, -0.2) is 4.98 Å². The molecule has 2 N–H and O–H groups in total. The van der Waals surface area contributed by atoms with E-state index in [1.54, 1.807) is 11.9 Å². The molecule has 1 fully saturated rings. The summed E-state index contributed by atoms with van der Waals surface area (Å²) in [4.78, 5) is 17.6. The summed E-state index contributed by atoms with van der Waals surface area (Å²) in [6.45, 7) is 0.612. The van der Waals surface area contributed by atoms with E-state index in [1.165, 1.54) is 6.07 Å². The molecule has 0 spiro atoms. The number of aromatic nitrogens is 1. The van der Waals surface area contributed by atoms with Gasteiger partial charge >= 0.3 is 6.18 Å². The van der Waals surface area contributed by atoms with E-state index in [0.29, 0.717) is 25.2 Å². The van der Waals surface area contributed by atoms with Crippen molar-refractivity contribution in [2.75, 3.05) is 18.5 Å². The summed E-state index contributed by atoms with van der Waals surface area (Å²) >= 11 is 0. The quantitative estimate of drug-likeness (QED) is 0.721. The fourth-order valence-corrected chi connectivity index (χ4v) is 3.05. The summed E-state index contributed by atoms with van der Waals surface area (Å²) in [5.41, 5.74) is -0.762. The van der Waals surface area contributed by atoms with Gasteiger partial charge < -0.3 is 15.3 Å². The number of pyridine rings is 1. The van der Waals surface area contributed by atoms with Crippen molar-refractivity contribution in [1.29, 1.82) is 0 Å². The number of amides is 1. The molecule has 26 heavy (non-hydrogen) atoms. The van der Waals surface area contributed by atoms with Gasteiger partial charge in [0.05, 0.1) is 11.7 Å². The van der Waals surface area contributed by atoms with Crippen molar-refractivity contribution in [2.24, 2.45) is 0 Å². The molecule has 1 heterocycles. The van der Waals surface area contributed by atoms with Gasteiger partial charge in [0.15, 0.2) is 0 Å². The highest BCUT2D eigenvalue weighted by molar-refractivity contribution is 5.76. The molecule has 0 saturated heterocycles. The van der Waals surface area contributed by atoms with Crippen LogP contribution in [-0.4, -0.2) is 41.7 Å². The first-order valence-electron chi connectivity index (χ1n) is 8.97. The molecule has 0 aromatic carbocycles. The van der Waals surface area contributed by atoms with E-state index in [2.05, 4.69) is 10.3 Å². The molecule has 0 aliphatic heterocycles. The number of hydrogen-bond donors (Lipinski definition) is 2. The highest BCUT2D eigenvalue weighted by atomic mass is 19.4. The zero-order chi connectivity index (χ0) is 19.2. The fourth-order valence-electron chi connectivity index (χ4n) is 3.05. The Morgan fingerprint density at radius 3 is 2.54 bits per heavy atom. The van der Waals surface area contributed by atoms with Gasteiger partial charge in [0, 0.05) is 32.3 Å². The highest BCUT2D eigenvalue weighted by Crippen LogP contribution is 2.29. The zero-order valence-corrected chi connectivity index (χ0v) is 14.9. The van der Waals surface area contributed by atoms with E-state index in [1.807, 2.05) is 0 Å². The van der Waals surface area contributed by atoms with E-state index < -0.39 is 11.7 Å². The predicted octanol–water partition coefficient (Wildman–Crippen LogP) is 3.13. The summed E-state index contributed by atoms with van der Waals surface area (Å²) < 4.78 is 37.6. The van der Waals surface area contributed by atoms with Crippen LogP contribution in [0.15, 0.2) is 18.3 Å². The number of anilines is 1. The van der Waals surface area contributed by atoms with Gasteiger partial charge in [0.25, 0.3) is 0 Å². The largest absolute Gasteiger partial charge is 0.417 e. The van der Waals surface area contributed by atoms with E-state index in [-0.39, 0.29) is 18.1 Å². The van der Waals surface area contributed by atoms with Crippen molar-refractivity contribution in [1.82, 2.24) is 10.3 Å². The molecule has 1 aliphatic rings. The fraction of sp³-hybridized carbons (Fsp3) is 0.667. The number of alkyl halides is 3. The molecule has 2 rings (SSSR count). The van der Waals surface area contributed by atoms with Gasteiger partial charge in [-0.2, -0.15) is 13.2 Å². The van der Waals surface area contributed by atoms with Crippen molar-refractivity contribution in [3.05, 3.63) is 23.9 Å². The number of halogens is 3. The Kier molecular flexibility index (Phi) is 7.25. The standard InChI is InChI=1S/C18H26F3N3O2/c1-24(16-10-5-13(12-22-16)18(19,20)21)11-3-2-4-17(26)23-14-6-8-15(25)9-7-14/h5,10,12,14-15,25H,2-4,6-9,11H2,1H3,(H,23,26). The average Bonchev–Trinajstić information content (AvgIpc) is 2.60. The molecule has 0 bridgehead atoms. The van der Waals surface area contributed by atoms with Crippen LogP contribution in [0, 0.1) is 0 Å². The third-order valence-corrected chi connectivity index (χ3v) is 4.68. The van der Waals surface area contributed by atoms with Crippen LogP contribution < -0.4 is 10.2 Å². The Labute approximate surface area is 151 Å². The number of hydrogen-bond acceptors (Lipinski definition) is 4. The number of rotatable bonds is 7. The maximum absolute atomic E-state index is 12.5. The molecule has 1 aliphatic carbocycles. The number of nitrogens with one attached hydrogen (secondary N) is 1. The van der Waals surface area contributed by atoms with Gasteiger partial charge in [-0.05, 0) is 50.7 Å². The number of unbranched alkanes of at least 4 members (excludes halogenated alkanes) is 1. The summed E-state index contributed by atoms with van der Waals surface area (Å²) in [6, 6.07) is 2.53. The average molecular weight is 373 g/mol. The van der Waals surface area contributed by atoms with E-state index >= 15 is 0 Å². The lowest BCUT2D eigenvalue weighted by molar-refractivity contribution is -0.137. The molecule has 8 heteroatoms. The molecule has 1 amide bonds. The summed E-state index contributed by atoms with van der Waals surface area (Å²) in [5, 5.41) is 12.5. The van der Waals surface area contributed by atoms with Crippen molar-refractivity contribution in [3.8, 4) is 0 Å². The van der Waals surface area contributed by atoms with Crippen molar-refractivity contribution in [2.45, 2.75) is 63.3 Å². The highest BCUT2D eigenvalue weighted by Gasteiger charge is 2.30. The summed E-state index contributed by atoms with van der Waals surface area (Å²) in [5.74, 6) is 0.491. The maximum Gasteiger partial charge on any atom is 0.417 e.